The first kappa shape index (κ1) is 14.7. The second-order valence-corrected chi connectivity index (χ2v) is 5.47. The van der Waals surface area contributed by atoms with Crippen molar-refractivity contribution in [3.05, 3.63) is 40.1 Å². The van der Waals surface area contributed by atoms with E-state index in [9.17, 15) is 18.0 Å². The molecule has 1 amide bonds. The minimum atomic E-state index is -4.53. The summed E-state index contributed by atoms with van der Waals surface area (Å²) in [5.41, 5.74) is -1.06. The highest BCUT2D eigenvalue weighted by Gasteiger charge is 2.31. The number of fused-ring (bicyclic) bond motifs is 1. The molecule has 0 aliphatic rings. The molecule has 0 aliphatic carbocycles. The van der Waals surface area contributed by atoms with Gasteiger partial charge in [-0.3, -0.25) is 4.79 Å². The molecule has 0 atom stereocenters. The van der Waals surface area contributed by atoms with Gasteiger partial charge in [-0.25, -0.2) is 0 Å². The van der Waals surface area contributed by atoms with Crippen molar-refractivity contribution in [1.29, 1.82) is 0 Å². The largest absolute Gasteiger partial charge is 0.416 e. The molecule has 11 heteroatoms. The van der Waals surface area contributed by atoms with Gasteiger partial charge in [-0.05, 0) is 18.2 Å². The van der Waals surface area contributed by atoms with Crippen molar-refractivity contribution in [2.75, 3.05) is 5.32 Å². The summed E-state index contributed by atoms with van der Waals surface area (Å²) in [6.07, 6.45) is -3.22. The van der Waals surface area contributed by atoms with E-state index in [2.05, 4.69) is 20.6 Å². The van der Waals surface area contributed by atoms with Gasteiger partial charge in [-0.1, -0.05) is 22.9 Å². The molecule has 1 N–H and O–H groups in total. The summed E-state index contributed by atoms with van der Waals surface area (Å²) in [5.74, 6) is -0.684. The summed E-state index contributed by atoms with van der Waals surface area (Å²) in [7, 11) is 0. The van der Waals surface area contributed by atoms with Crippen molar-refractivity contribution >= 4 is 39.5 Å². The van der Waals surface area contributed by atoms with Crippen LogP contribution in [0.4, 0.5) is 18.9 Å². The van der Waals surface area contributed by atoms with Gasteiger partial charge in [0.15, 0.2) is 0 Å². The number of halogens is 4. The minimum absolute atomic E-state index is 0.00986. The van der Waals surface area contributed by atoms with Crippen molar-refractivity contribution in [3.8, 4) is 0 Å². The highest BCUT2D eigenvalue weighted by Crippen LogP contribution is 2.34. The third-order valence-electron chi connectivity index (χ3n) is 2.62. The highest BCUT2D eigenvalue weighted by atomic mass is 35.5. The Kier molecular flexibility index (Phi) is 3.49. The quantitative estimate of drug-likeness (QED) is 0.773. The third-order valence-corrected chi connectivity index (χ3v) is 3.86. The molecule has 6 nitrogen and oxygen atoms in total. The van der Waals surface area contributed by atoms with Crippen LogP contribution in [0.1, 0.15) is 15.4 Å². The van der Waals surface area contributed by atoms with Crippen LogP contribution in [0.2, 0.25) is 5.02 Å². The van der Waals surface area contributed by atoms with E-state index in [0.29, 0.717) is 4.96 Å². The smallest absolute Gasteiger partial charge is 0.318 e. The van der Waals surface area contributed by atoms with Gasteiger partial charge in [-0.15, -0.1) is 15.3 Å². The fourth-order valence-electron chi connectivity index (χ4n) is 1.62. The summed E-state index contributed by atoms with van der Waals surface area (Å²) >= 11 is 6.76. The Hall–Kier alpha value is -2.20. The first-order valence-corrected chi connectivity index (χ1v) is 6.89. The maximum atomic E-state index is 12.7. The highest BCUT2D eigenvalue weighted by molar-refractivity contribution is 7.18. The van der Waals surface area contributed by atoms with Gasteiger partial charge in [0.25, 0.3) is 5.91 Å². The number of amides is 1. The zero-order valence-electron chi connectivity index (χ0n) is 10.4. The molecule has 0 unspecified atom stereocenters. The lowest BCUT2D eigenvalue weighted by Gasteiger charge is -2.10. The van der Waals surface area contributed by atoms with E-state index in [1.54, 1.807) is 0 Å². The molecule has 0 radical (unpaired) electrons. The number of aromatic nitrogens is 4. The zero-order chi connectivity index (χ0) is 15.9. The van der Waals surface area contributed by atoms with Gasteiger partial charge < -0.3 is 5.32 Å². The van der Waals surface area contributed by atoms with Crippen LogP contribution in [0.5, 0.6) is 0 Å². The zero-order valence-corrected chi connectivity index (χ0v) is 12.0. The summed E-state index contributed by atoms with van der Waals surface area (Å²) in [6.45, 7) is 0. The predicted molar refractivity (Wildman–Crippen MR) is 73.1 cm³/mol. The lowest BCUT2D eigenvalue weighted by molar-refractivity contribution is -0.137. The fourth-order valence-corrected chi connectivity index (χ4v) is 2.50. The Labute approximate surface area is 129 Å². The summed E-state index contributed by atoms with van der Waals surface area (Å²) in [6, 6.07) is 2.67. The molecule has 0 saturated heterocycles. The number of alkyl halides is 3. The van der Waals surface area contributed by atoms with Crippen molar-refractivity contribution in [2.45, 2.75) is 6.18 Å². The fraction of sp³-hybridized carbons (Fsp3) is 0.0909. The molecule has 3 rings (SSSR count). The maximum Gasteiger partial charge on any atom is 0.416 e. The Morgan fingerprint density at radius 3 is 2.82 bits per heavy atom. The van der Waals surface area contributed by atoms with Gasteiger partial charge in [-0.2, -0.15) is 17.7 Å². The molecule has 2 heterocycles. The Balaban J connectivity index is 1.88. The number of nitrogens with one attached hydrogen (secondary N) is 1. The molecule has 0 spiro atoms. The number of anilines is 1. The van der Waals surface area contributed by atoms with Crippen LogP contribution in [0.3, 0.4) is 0 Å². The molecule has 22 heavy (non-hydrogen) atoms. The number of rotatable bonds is 2. The number of nitrogens with zero attached hydrogens (tertiary/aromatic N) is 4. The molecule has 2 aromatic heterocycles. The van der Waals surface area contributed by atoms with Crippen LogP contribution < -0.4 is 5.32 Å². The van der Waals surface area contributed by atoms with E-state index in [0.717, 1.165) is 29.5 Å². The van der Waals surface area contributed by atoms with Gasteiger partial charge in [0.2, 0.25) is 9.97 Å². The normalized spacial score (nSPS) is 11.8. The number of hydrogen-bond donors (Lipinski definition) is 1. The van der Waals surface area contributed by atoms with E-state index in [4.69, 9.17) is 11.6 Å². The topological polar surface area (TPSA) is 72.2 Å². The monoisotopic (exact) mass is 347 g/mol. The van der Waals surface area contributed by atoms with Crippen LogP contribution in [0, 0.1) is 0 Å². The molecular weight excluding hydrogens is 343 g/mol. The maximum absolute atomic E-state index is 12.7. The van der Waals surface area contributed by atoms with E-state index in [1.807, 2.05) is 0 Å². The average Bonchev–Trinajstić information content (AvgIpc) is 3.00. The van der Waals surface area contributed by atoms with Crippen molar-refractivity contribution in [3.63, 3.8) is 0 Å². The van der Waals surface area contributed by atoms with Gasteiger partial charge in [0, 0.05) is 0 Å². The molecular formula is C11H5ClF3N5OS. The SMILES string of the molecule is O=C(Nc1cc(C(F)(F)F)ccc1Cl)c1nn2cnnc2s1. The number of carbonyl (C=O) groups excluding carboxylic acids is 1. The van der Waals surface area contributed by atoms with Crippen LogP contribution in [-0.2, 0) is 6.18 Å². The molecule has 0 aliphatic heterocycles. The van der Waals surface area contributed by atoms with Gasteiger partial charge in [0.05, 0.1) is 16.3 Å². The number of benzene rings is 1. The lowest BCUT2D eigenvalue weighted by atomic mass is 10.2. The van der Waals surface area contributed by atoms with Gasteiger partial charge in [0.1, 0.15) is 6.33 Å². The first-order valence-electron chi connectivity index (χ1n) is 5.69. The first-order chi connectivity index (χ1) is 10.3. The number of carbonyl (C=O) groups is 1. The average molecular weight is 348 g/mol. The molecule has 1 aromatic carbocycles. The molecule has 0 saturated carbocycles. The third kappa shape index (κ3) is 2.74. The van der Waals surface area contributed by atoms with E-state index < -0.39 is 17.6 Å². The van der Waals surface area contributed by atoms with E-state index in [-0.39, 0.29) is 15.7 Å². The van der Waals surface area contributed by atoms with Gasteiger partial charge >= 0.3 is 6.18 Å². The van der Waals surface area contributed by atoms with Crippen molar-refractivity contribution in [1.82, 2.24) is 19.8 Å². The van der Waals surface area contributed by atoms with Crippen LogP contribution >= 0.6 is 22.9 Å². The lowest BCUT2D eigenvalue weighted by Crippen LogP contribution is -2.13. The van der Waals surface area contributed by atoms with Crippen molar-refractivity contribution < 1.29 is 18.0 Å². The molecule has 3 aromatic rings. The minimum Gasteiger partial charge on any atom is -0.318 e. The second-order valence-electron chi connectivity index (χ2n) is 4.11. The molecule has 114 valence electrons. The Morgan fingerprint density at radius 1 is 1.36 bits per heavy atom. The van der Waals surface area contributed by atoms with Crippen molar-refractivity contribution in [2.24, 2.45) is 0 Å². The summed E-state index contributed by atoms with van der Waals surface area (Å²) in [5, 5.41) is 13.5. The summed E-state index contributed by atoms with van der Waals surface area (Å²) < 4.78 is 39.3. The van der Waals surface area contributed by atoms with Crippen LogP contribution in [0.25, 0.3) is 4.96 Å². The van der Waals surface area contributed by atoms with E-state index in [1.165, 1.54) is 10.8 Å². The molecule has 0 bridgehead atoms. The van der Waals surface area contributed by atoms with Crippen LogP contribution in [0.15, 0.2) is 24.5 Å². The summed E-state index contributed by atoms with van der Waals surface area (Å²) in [4.78, 5) is 12.4. The van der Waals surface area contributed by atoms with E-state index >= 15 is 0 Å². The van der Waals surface area contributed by atoms with Crippen LogP contribution in [-0.4, -0.2) is 25.7 Å². The molecule has 0 fully saturated rings. The number of hydrogen-bond acceptors (Lipinski definition) is 5. The Morgan fingerprint density at radius 2 is 2.14 bits per heavy atom. The standard InChI is InChI=1S/C11H5ClF3N5OS/c12-6-2-1-5(11(13,14)15)3-7(6)17-8(21)9-19-20-4-16-18-10(20)22-9/h1-4H,(H,17,21). The Bertz CT molecular complexity index is 830. The predicted octanol–water partition coefficient (Wildman–Crippen LogP) is 3.11. The second kappa shape index (κ2) is 5.21.